The van der Waals surface area contributed by atoms with E-state index in [0.717, 1.165) is 16.4 Å². The third kappa shape index (κ3) is 0.823. The second-order valence-corrected chi connectivity index (χ2v) is 2.72. The summed E-state index contributed by atoms with van der Waals surface area (Å²) in [6.45, 7) is 0. The van der Waals surface area contributed by atoms with Crippen molar-refractivity contribution in [2.75, 3.05) is 0 Å². The van der Waals surface area contributed by atoms with Gasteiger partial charge in [-0.3, -0.25) is 4.98 Å². The highest BCUT2D eigenvalue weighted by Gasteiger charge is 2.05. The molecule has 0 aliphatic heterocycles. The average Bonchev–Trinajstić information content (AvgIpc) is 2.56. The Balaban J connectivity index is 2.64. The molecule has 0 atom stereocenters. The number of hydrogen-bond donors (Lipinski definition) is 0. The van der Waals surface area contributed by atoms with E-state index in [1.165, 1.54) is 0 Å². The minimum atomic E-state index is 0.561. The van der Waals surface area contributed by atoms with E-state index in [4.69, 9.17) is 4.42 Å². The zero-order valence-corrected chi connectivity index (χ0v) is 6.64. The van der Waals surface area contributed by atoms with Gasteiger partial charge in [0.15, 0.2) is 5.58 Å². The van der Waals surface area contributed by atoms with Gasteiger partial charge in [-0.15, -0.1) is 5.10 Å². The molecule has 0 saturated carbocycles. The number of nitrogens with zero attached hydrogens (tertiary/aromatic N) is 3. The van der Waals surface area contributed by atoms with Crippen molar-refractivity contribution < 1.29 is 4.42 Å². The summed E-state index contributed by atoms with van der Waals surface area (Å²) in [5, 5.41) is 9.62. The van der Waals surface area contributed by atoms with Gasteiger partial charge < -0.3 is 4.42 Å². The Morgan fingerprint density at radius 3 is 3.00 bits per heavy atom. The summed E-state index contributed by atoms with van der Waals surface area (Å²) >= 11 is 0. The van der Waals surface area contributed by atoms with E-state index >= 15 is 0 Å². The van der Waals surface area contributed by atoms with Gasteiger partial charge in [-0.05, 0) is 12.1 Å². The fraction of sp³-hybridized carbons (Fsp3) is 0. The lowest BCUT2D eigenvalue weighted by Crippen LogP contribution is -1.75. The second kappa shape index (κ2) is 2.26. The fourth-order valence-electron chi connectivity index (χ4n) is 1.39. The first-order valence-corrected chi connectivity index (χ1v) is 3.89. The van der Waals surface area contributed by atoms with Crippen molar-refractivity contribution in [1.29, 1.82) is 0 Å². The maximum atomic E-state index is 5.42. The molecule has 0 bridgehead atoms. The molecular formula is C9H5N3O. The molecule has 0 aliphatic carbocycles. The molecule has 13 heavy (non-hydrogen) atoms. The van der Waals surface area contributed by atoms with E-state index in [0.29, 0.717) is 5.71 Å². The molecule has 0 radical (unpaired) electrons. The van der Waals surface area contributed by atoms with Gasteiger partial charge in [-0.25, -0.2) is 0 Å². The number of pyridine rings is 1. The van der Waals surface area contributed by atoms with Crippen LogP contribution in [0.5, 0.6) is 0 Å². The molecule has 4 heteroatoms. The molecule has 4 nitrogen and oxygen atoms in total. The molecule has 0 saturated heterocycles. The minimum Gasteiger partial charge on any atom is -0.435 e. The van der Waals surface area contributed by atoms with Crippen molar-refractivity contribution in [2.45, 2.75) is 0 Å². The molecule has 0 unspecified atom stereocenters. The van der Waals surface area contributed by atoms with Gasteiger partial charge in [0.25, 0.3) is 0 Å². The zero-order valence-electron chi connectivity index (χ0n) is 6.64. The third-order valence-electron chi connectivity index (χ3n) is 1.97. The van der Waals surface area contributed by atoms with Crippen LogP contribution < -0.4 is 0 Å². The van der Waals surface area contributed by atoms with Crippen LogP contribution in [0, 0.1) is 0 Å². The van der Waals surface area contributed by atoms with Crippen LogP contribution in [0.15, 0.2) is 35.1 Å². The van der Waals surface area contributed by atoms with E-state index in [9.17, 15) is 0 Å². The van der Waals surface area contributed by atoms with Crippen LogP contribution in [0.2, 0.25) is 0 Å². The van der Waals surface area contributed by atoms with Gasteiger partial charge in [-0.2, -0.15) is 5.10 Å². The van der Waals surface area contributed by atoms with Crippen LogP contribution in [0.25, 0.3) is 22.1 Å². The van der Waals surface area contributed by atoms with Crippen LogP contribution >= 0.6 is 0 Å². The normalized spacial score (nSPS) is 11.1. The smallest absolute Gasteiger partial charge is 0.247 e. The van der Waals surface area contributed by atoms with Crippen molar-refractivity contribution in [1.82, 2.24) is 15.2 Å². The molecule has 0 spiro atoms. The first kappa shape index (κ1) is 6.54. The van der Waals surface area contributed by atoms with Gasteiger partial charge >= 0.3 is 0 Å². The summed E-state index contributed by atoms with van der Waals surface area (Å²) in [4.78, 5) is 3.97. The van der Waals surface area contributed by atoms with Gasteiger partial charge in [0.05, 0.1) is 17.8 Å². The maximum absolute atomic E-state index is 5.42. The van der Waals surface area contributed by atoms with Crippen molar-refractivity contribution >= 4 is 22.1 Å². The monoisotopic (exact) mass is 171 g/mol. The zero-order chi connectivity index (χ0) is 8.67. The lowest BCUT2D eigenvalue weighted by molar-refractivity contribution is 0.644. The van der Waals surface area contributed by atoms with Crippen LogP contribution in [0.4, 0.5) is 0 Å². The minimum absolute atomic E-state index is 0.561. The molecule has 62 valence electrons. The maximum Gasteiger partial charge on any atom is 0.247 e. The Bertz CT molecular complexity index is 523. The highest BCUT2D eigenvalue weighted by atomic mass is 16.3. The van der Waals surface area contributed by atoms with Crippen LogP contribution in [-0.4, -0.2) is 15.2 Å². The number of rotatable bonds is 0. The summed E-state index contributed by atoms with van der Waals surface area (Å²) in [7, 11) is 0. The molecule has 3 aromatic heterocycles. The van der Waals surface area contributed by atoms with Gasteiger partial charge in [0, 0.05) is 11.6 Å². The summed E-state index contributed by atoms with van der Waals surface area (Å²) in [5.74, 6) is 0. The largest absolute Gasteiger partial charge is 0.435 e. The first-order chi connectivity index (χ1) is 6.45. The predicted molar refractivity (Wildman–Crippen MR) is 47.1 cm³/mol. The van der Waals surface area contributed by atoms with Gasteiger partial charge in [-0.1, -0.05) is 0 Å². The first-order valence-electron chi connectivity index (χ1n) is 3.89. The molecule has 0 aromatic carbocycles. The van der Waals surface area contributed by atoms with E-state index in [1.54, 1.807) is 18.6 Å². The lowest BCUT2D eigenvalue weighted by atomic mass is 10.2. The fourth-order valence-corrected chi connectivity index (χ4v) is 1.39. The van der Waals surface area contributed by atoms with E-state index in [1.807, 2.05) is 12.1 Å². The molecule has 3 aromatic rings. The highest BCUT2D eigenvalue weighted by Crippen LogP contribution is 2.24. The standard InChI is InChI=1S/C9H5N3O/c1-3-10-5-8-6(1)7-2-4-11-12-9(7)13-8/h1-5H. The number of aromatic nitrogens is 3. The highest BCUT2D eigenvalue weighted by molar-refractivity contribution is 6.02. The number of hydrogen-bond acceptors (Lipinski definition) is 4. The Kier molecular flexibility index (Phi) is 1.14. The Morgan fingerprint density at radius 2 is 2.00 bits per heavy atom. The summed E-state index contributed by atoms with van der Waals surface area (Å²) in [5.41, 5.74) is 1.31. The average molecular weight is 171 g/mol. The number of fused-ring (bicyclic) bond motifs is 3. The molecule has 3 rings (SSSR count). The van der Waals surface area contributed by atoms with E-state index in [-0.39, 0.29) is 0 Å². The third-order valence-corrected chi connectivity index (χ3v) is 1.97. The molecular weight excluding hydrogens is 166 g/mol. The lowest BCUT2D eigenvalue weighted by Gasteiger charge is -1.83. The van der Waals surface area contributed by atoms with Gasteiger partial charge in [0.1, 0.15) is 0 Å². The van der Waals surface area contributed by atoms with Gasteiger partial charge in [0.2, 0.25) is 5.71 Å². The quantitative estimate of drug-likeness (QED) is 0.517. The Hall–Kier alpha value is -1.97. The molecule has 3 heterocycles. The Labute approximate surface area is 73.2 Å². The van der Waals surface area contributed by atoms with Crippen LogP contribution in [0.1, 0.15) is 0 Å². The molecule has 0 N–H and O–H groups in total. The Morgan fingerprint density at radius 1 is 1.08 bits per heavy atom. The van der Waals surface area contributed by atoms with Crippen molar-refractivity contribution in [3.63, 3.8) is 0 Å². The summed E-state index contributed by atoms with van der Waals surface area (Å²) < 4.78 is 5.42. The van der Waals surface area contributed by atoms with E-state index in [2.05, 4.69) is 15.2 Å². The van der Waals surface area contributed by atoms with Crippen molar-refractivity contribution in [3.05, 3.63) is 30.7 Å². The number of furan rings is 1. The predicted octanol–water partition coefficient (Wildman–Crippen LogP) is 1.77. The SMILES string of the molecule is c1cc2c(cn1)oc1nnccc12. The summed E-state index contributed by atoms with van der Waals surface area (Å²) in [6, 6.07) is 3.79. The second-order valence-electron chi connectivity index (χ2n) is 2.72. The van der Waals surface area contributed by atoms with Crippen LogP contribution in [0.3, 0.4) is 0 Å². The van der Waals surface area contributed by atoms with Crippen molar-refractivity contribution in [3.8, 4) is 0 Å². The van der Waals surface area contributed by atoms with Crippen LogP contribution in [-0.2, 0) is 0 Å². The molecule has 0 fully saturated rings. The van der Waals surface area contributed by atoms with Crippen molar-refractivity contribution in [2.24, 2.45) is 0 Å². The molecule has 0 aliphatic rings. The molecule has 0 amide bonds. The topological polar surface area (TPSA) is 51.8 Å². The summed E-state index contributed by atoms with van der Waals surface area (Å²) in [6.07, 6.45) is 5.06. The van der Waals surface area contributed by atoms with E-state index < -0.39 is 0 Å².